The average Bonchev–Trinajstić information content (AvgIpc) is 3.44. The lowest BCUT2D eigenvalue weighted by Gasteiger charge is -2.35. The summed E-state index contributed by atoms with van der Waals surface area (Å²) in [6.07, 6.45) is 4.90. The van der Waals surface area contributed by atoms with Crippen LogP contribution in [0.25, 0.3) is 21.6 Å². The molecular formula is C22H23N5OS. The van der Waals surface area contributed by atoms with Gasteiger partial charge in [-0.05, 0) is 42.3 Å². The number of rotatable bonds is 4. The number of aliphatic hydroxyl groups is 1. The number of piperidine rings is 1. The van der Waals surface area contributed by atoms with Gasteiger partial charge in [0.25, 0.3) is 0 Å². The van der Waals surface area contributed by atoms with Gasteiger partial charge in [-0.3, -0.25) is 0 Å². The topological polar surface area (TPSA) is 67.1 Å². The molecule has 1 aromatic carbocycles. The molecule has 0 aliphatic carbocycles. The van der Waals surface area contributed by atoms with Crippen LogP contribution in [0.3, 0.4) is 0 Å². The normalized spacial score (nSPS) is 16.4. The molecule has 1 fully saturated rings. The molecule has 0 amide bonds. The van der Waals surface area contributed by atoms with Crippen LogP contribution in [0.1, 0.15) is 24.8 Å². The minimum Gasteiger partial charge on any atom is -0.385 e. The predicted octanol–water partition coefficient (Wildman–Crippen LogP) is 4.04. The number of aromatic nitrogens is 4. The fourth-order valence-corrected chi connectivity index (χ4v) is 4.77. The number of anilines is 1. The number of benzene rings is 1. The Morgan fingerprint density at radius 1 is 1.10 bits per heavy atom. The number of hydrogen-bond donors (Lipinski definition) is 1. The quantitative estimate of drug-likeness (QED) is 0.555. The first-order chi connectivity index (χ1) is 14.2. The van der Waals surface area contributed by atoms with Crippen molar-refractivity contribution in [3.63, 3.8) is 0 Å². The molecule has 0 radical (unpaired) electrons. The highest BCUT2D eigenvalue weighted by Crippen LogP contribution is 2.34. The van der Waals surface area contributed by atoms with Gasteiger partial charge in [0.1, 0.15) is 17.7 Å². The van der Waals surface area contributed by atoms with Crippen LogP contribution in [0.5, 0.6) is 0 Å². The molecular weight excluding hydrogens is 382 g/mol. The van der Waals surface area contributed by atoms with E-state index in [2.05, 4.69) is 33.5 Å². The Hall–Kier alpha value is -2.77. The third-order valence-electron chi connectivity index (χ3n) is 5.73. The smallest absolute Gasteiger partial charge is 0.172 e. The number of nitrogens with zero attached hydrogens (tertiary/aromatic N) is 5. The summed E-state index contributed by atoms with van der Waals surface area (Å²) in [7, 11) is 1.93. The summed E-state index contributed by atoms with van der Waals surface area (Å²) < 4.78 is 1.91. The van der Waals surface area contributed by atoms with Crippen molar-refractivity contribution < 1.29 is 5.11 Å². The van der Waals surface area contributed by atoms with Crippen LogP contribution in [0.15, 0.2) is 54.2 Å². The minimum atomic E-state index is -0.527. The zero-order chi connectivity index (χ0) is 19.8. The van der Waals surface area contributed by atoms with Crippen LogP contribution in [0.2, 0.25) is 0 Å². The summed E-state index contributed by atoms with van der Waals surface area (Å²) in [5.41, 5.74) is 0.969. The largest absolute Gasteiger partial charge is 0.385 e. The van der Waals surface area contributed by atoms with Gasteiger partial charge in [-0.1, -0.05) is 18.2 Å². The molecule has 0 saturated carbocycles. The van der Waals surface area contributed by atoms with Crippen LogP contribution in [-0.4, -0.2) is 37.7 Å². The van der Waals surface area contributed by atoms with E-state index in [1.807, 2.05) is 36.0 Å². The van der Waals surface area contributed by atoms with Crippen molar-refractivity contribution in [2.24, 2.45) is 13.0 Å². The Labute approximate surface area is 173 Å². The van der Waals surface area contributed by atoms with E-state index in [9.17, 15) is 5.11 Å². The van der Waals surface area contributed by atoms with Crippen molar-refractivity contribution >= 4 is 28.1 Å². The Morgan fingerprint density at radius 3 is 2.66 bits per heavy atom. The standard InChI is InChI=1S/C22H23N5OS/c1-26-13-10-23-22(26)19(28)15-8-11-27(12-9-15)21-16-5-2-3-6-17(16)24-20(25-21)18-7-4-14-29-18/h2-7,10,13-15,19,28H,8-9,11-12H2,1H3. The van der Waals surface area contributed by atoms with Crippen molar-refractivity contribution in [1.29, 1.82) is 0 Å². The van der Waals surface area contributed by atoms with Gasteiger partial charge in [-0.25, -0.2) is 15.0 Å². The van der Waals surface area contributed by atoms with Gasteiger partial charge in [-0.2, -0.15) is 0 Å². The zero-order valence-corrected chi connectivity index (χ0v) is 17.1. The highest BCUT2D eigenvalue weighted by Gasteiger charge is 2.29. The van der Waals surface area contributed by atoms with E-state index in [0.29, 0.717) is 0 Å². The molecule has 6 nitrogen and oxygen atoms in total. The van der Waals surface area contributed by atoms with Gasteiger partial charge < -0.3 is 14.6 Å². The molecule has 29 heavy (non-hydrogen) atoms. The molecule has 3 aromatic heterocycles. The third kappa shape index (κ3) is 3.41. The molecule has 1 aliphatic rings. The summed E-state index contributed by atoms with van der Waals surface area (Å²) in [6.45, 7) is 1.72. The van der Waals surface area contributed by atoms with Crippen LogP contribution < -0.4 is 4.90 Å². The fourth-order valence-electron chi connectivity index (χ4n) is 4.12. The van der Waals surface area contributed by atoms with Gasteiger partial charge in [0.05, 0.1) is 10.4 Å². The second-order valence-electron chi connectivity index (χ2n) is 7.53. The van der Waals surface area contributed by atoms with E-state index in [-0.39, 0.29) is 5.92 Å². The highest BCUT2D eigenvalue weighted by molar-refractivity contribution is 7.13. The maximum absolute atomic E-state index is 10.8. The van der Waals surface area contributed by atoms with E-state index in [4.69, 9.17) is 9.97 Å². The molecule has 5 rings (SSSR count). The highest BCUT2D eigenvalue weighted by atomic mass is 32.1. The molecule has 0 spiro atoms. The van der Waals surface area contributed by atoms with Gasteiger partial charge in [0.2, 0.25) is 0 Å². The minimum absolute atomic E-state index is 0.206. The number of hydrogen-bond acceptors (Lipinski definition) is 6. The zero-order valence-electron chi connectivity index (χ0n) is 16.3. The molecule has 1 unspecified atom stereocenters. The maximum Gasteiger partial charge on any atom is 0.172 e. The van der Waals surface area contributed by atoms with Crippen LogP contribution >= 0.6 is 11.3 Å². The lowest BCUT2D eigenvalue weighted by atomic mass is 9.90. The Balaban J connectivity index is 1.42. The number of imidazole rings is 1. The van der Waals surface area contributed by atoms with Crippen molar-refractivity contribution in [3.8, 4) is 10.7 Å². The lowest BCUT2D eigenvalue weighted by Crippen LogP contribution is -2.36. The van der Waals surface area contributed by atoms with E-state index in [0.717, 1.165) is 59.2 Å². The summed E-state index contributed by atoms with van der Waals surface area (Å²) in [6, 6.07) is 12.3. The van der Waals surface area contributed by atoms with E-state index >= 15 is 0 Å². The van der Waals surface area contributed by atoms with E-state index in [1.54, 1.807) is 17.5 Å². The fraction of sp³-hybridized carbons (Fsp3) is 0.318. The lowest BCUT2D eigenvalue weighted by molar-refractivity contribution is 0.0824. The van der Waals surface area contributed by atoms with E-state index < -0.39 is 6.10 Å². The summed E-state index contributed by atoms with van der Waals surface area (Å²) in [5, 5.41) is 13.9. The van der Waals surface area contributed by atoms with Gasteiger partial charge in [0, 0.05) is 37.9 Å². The summed E-state index contributed by atoms with van der Waals surface area (Å²) >= 11 is 1.66. The molecule has 1 saturated heterocycles. The Kier molecular flexibility index (Phi) is 4.77. The van der Waals surface area contributed by atoms with Gasteiger partial charge in [-0.15, -0.1) is 11.3 Å². The molecule has 4 heterocycles. The number of thiophene rings is 1. The second-order valence-corrected chi connectivity index (χ2v) is 8.48. The molecule has 4 aromatic rings. The summed E-state index contributed by atoms with van der Waals surface area (Å²) in [4.78, 5) is 17.5. The number of para-hydroxylation sites is 1. The predicted molar refractivity (Wildman–Crippen MR) is 116 cm³/mol. The maximum atomic E-state index is 10.8. The Bertz CT molecular complexity index is 1120. The second kappa shape index (κ2) is 7.57. The molecule has 7 heteroatoms. The monoisotopic (exact) mass is 405 g/mol. The molecule has 1 atom stereocenters. The number of aryl methyl sites for hydroxylation is 1. The first-order valence-electron chi connectivity index (χ1n) is 9.91. The van der Waals surface area contributed by atoms with Crippen molar-refractivity contribution in [2.45, 2.75) is 18.9 Å². The van der Waals surface area contributed by atoms with Crippen LogP contribution in [0, 0.1) is 5.92 Å². The van der Waals surface area contributed by atoms with Gasteiger partial charge >= 0.3 is 0 Å². The van der Waals surface area contributed by atoms with Gasteiger partial charge in [0.15, 0.2) is 5.82 Å². The number of fused-ring (bicyclic) bond motifs is 1. The van der Waals surface area contributed by atoms with Crippen LogP contribution in [-0.2, 0) is 7.05 Å². The molecule has 0 bridgehead atoms. The first kappa shape index (κ1) is 18.3. The first-order valence-corrected chi connectivity index (χ1v) is 10.8. The third-order valence-corrected chi connectivity index (χ3v) is 6.60. The SMILES string of the molecule is Cn1ccnc1C(O)C1CCN(c2nc(-c3cccs3)nc3ccccc23)CC1. The van der Waals surface area contributed by atoms with Crippen LogP contribution in [0.4, 0.5) is 5.82 Å². The van der Waals surface area contributed by atoms with E-state index in [1.165, 1.54) is 0 Å². The van der Waals surface area contributed by atoms with Crippen molar-refractivity contribution in [2.75, 3.05) is 18.0 Å². The van der Waals surface area contributed by atoms with Crippen molar-refractivity contribution in [1.82, 2.24) is 19.5 Å². The number of aliphatic hydroxyl groups excluding tert-OH is 1. The molecule has 1 N–H and O–H groups in total. The molecule has 1 aliphatic heterocycles. The Morgan fingerprint density at radius 2 is 1.93 bits per heavy atom. The average molecular weight is 406 g/mol. The molecule has 148 valence electrons. The van der Waals surface area contributed by atoms with Crippen molar-refractivity contribution in [3.05, 3.63) is 60.0 Å². The summed E-state index contributed by atoms with van der Waals surface area (Å²) in [5.74, 6) is 2.72.